The molecule has 0 aliphatic rings. The van der Waals surface area contributed by atoms with Crippen molar-refractivity contribution in [3.8, 4) is 39.5 Å². The average Bonchev–Trinajstić information content (AvgIpc) is 3.64. The van der Waals surface area contributed by atoms with Gasteiger partial charge in [-0.15, -0.1) is 0 Å². The number of furan rings is 1. The summed E-state index contributed by atoms with van der Waals surface area (Å²) in [6.07, 6.45) is 3.35. The number of aryl methyl sites for hydroxylation is 2. The molecule has 0 spiro atoms. The maximum atomic E-state index is 6.86. The van der Waals surface area contributed by atoms with Crippen LogP contribution < -0.4 is 4.57 Å². The van der Waals surface area contributed by atoms with E-state index in [2.05, 4.69) is 154 Å². The highest BCUT2D eigenvalue weighted by Gasteiger charge is 2.30. The Morgan fingerprint density at radius 2 is 1.33 bits per heavy atom. The van der Waals surface area contributed by atoms with Crippen molar-refractivity contribution < 1.29 is 8.98 Å². The second-order valence-electron chi connectivity index (χ2n) is 11.8. The summed E-state index contributed by atoms with van der Waals surface area (Å²) in [5, 5.41) is 4.57. The zero-order chi connectivity index (χ0) is 30.8. The molecule has 5 heteroatoms. The van der Waals surface area contributed by atoms with Crippen LogP contribution in [0.25, 0.3) is 83.2 Å². The van der Waals surface area contributed by atoms with Crippen molar-refractivity contribution in [3.63, 3.8) is 0 Å². The van der Waals surface area contributed by atoms with Crippen molar-refractivity contribution in [3.05, 3.63) is 145 Å². The SMILES string of the molecule is Cc1ccc2c(oc3c4ccccc4ccc23)c1-c1n(-c2ccc(-c3ccc(-c4ccncn4)cc3)cc2)c2ccccc2[n+]1C. The van der Waals surface area contributed by atoms with Crippen LogP contribution in [0.2, 0.25) is 0 Å². The molecule has 0 radical (unpaired) electrons. The number of imidazole rings is 1. The first-order valence-corrected chi connectivity index (χ1v) is 15.5. The third-order valence-corrected chi connectivity index (χ3v) is 9.20. The lowest BCUT2D eigenvalue weighted by atomic mass is 10.0. The minimum absolute atomic E-state index is 0.909. The third-order valence-electron chi connectivity index (χ3n) is 9.20. The quantitative estimate of drug-likeness (QED) is 0.191. The van der Waals surface area contributed by atoms with E-state index in [4.69, 9.17) is 4.42 Å². The molecule has 0 amide bonds. The molecule has 3 aromatic heterocycles. The first kappa shape index (κ1) is 26.3. The minimum atomic E-state index is 0.909. The molecule has 5 nitrogen and oxygen atoms in total. The molecular weight excluding hydrogens is 564 g/mol. The zero-order valence-corrected chi connectivity index (χ0v) is 25.5. The highest BCUT2D eigenvalue weighted by molar-refractivity contribution is 6.17. The van der Waals surface area contributed by atoms with Gasteiger partial charge in [-0.1, -0.05) is 91.0 Å². The van der Waals surface area contributed by atoms with Crippen molar-refractivity contribution in [1.29, 1.82) is 0 Å². The van der Waals surface area contributed by atoms with Gasteiger partial charge in [-0.2, -0.15) is 4.57 Å². The molecule has 0 fully saturated rings. The van der Waals surface area contributed by atoms with Gasteiger partial charge in [0.05, 0.1) is 12.7 Å². The molecule has 46 heavy (non-hydrogen) atoms. The molecule has 0 saturated carbocycles. The van der Waals surface area contributed by atoms with E-state index in [1.165, 1.54) is 5.39 Å². The predicted octanol–water partition coefficient (Wildman–Crippen LogP) is 9.61. The van der Waals surface area contributed by atoms with Crippen molar-refractivity contribution in [1.82, 2.24) is 14.5 Å². The van der Waals surface area contributed by atoms with Crippen LogP contribution in [0.3, 0.4) is 0 Å². The Hall–Kier alpha value is -6.07. The summed E-state index contributed by atoms with van der Waals surface area (Å²) in [7, 11) is 2.15. The van der Waals surface area contributed by atoms with E-state index in [9.17, 15) is 0 Å². The summed E-state index contributed by atoms with van der Waals surface area (Å²) in [6.45, 7) is 2.18. The van der Waals surface area contributed by atoms with Gasteiger partial charge < -0.3 is 4.42 Å². The van der Waals surface area contributed by atoms with E-state index in [1.54, 1.807) is 12.5 Å². The smallest absolute Gasteiger partial charge is 0.298 e. The fourth-order valence-corrected chi connectivity index (χ4v) is 6.90. The molecule has 0 unspecified atom stereocenters. The van der Waals surface area contributed by atoms with Gasteiger partial charge in [0, 0.05) is 27.9 Å². The van der Waals surface area contributed by atoms with E-state index < -0.39 is 0 Å². The standard InChI is InChI=1S/C41H29N4O/c1-26-11-21-34-33-22-18-29-7-3-4-8-32(29)39(33)46-40(34)38(26)41-44(2)36-9-5-6-10-37(36)45(41)31-19-16-28(17-20-31)27-12-14-30(15-13-27)35-23-24-42-25-43-35/h3-25H,1-2H3/q+1. The van der Waals surface area contributed by atoms with E-state index in [0.717, 1.165) is 83.4 Å². The molecule has 6 aromatic carbocycles. The fraction of sp³-hybridized carbons (Fsp3) is 0.0488. The lowest BCUT2D eigenvalue weighted by molar-refractivity contribution is -0.633. The molecule has 9 rings (SSSR count). The van der Waals surface area contributed by atoms with Crippen molar-refractivity contribution >= 4 is 43.7 Å². The van der Waals surface area contributed by atoms with Crippen LogP contribution >= 0.6 is 0 Å². The Kier molecular flexibility index (Phi) is 5.87. The van der Waals surface area contributed by atoms with Gasteiger partial charge in [0.2, 0.25) is 0 Å². The summed E-state index contributed by atoms with van der Waals surface area (Å²) in [5.74, 6) is 1.08. The number of hydrogen-bond acceptors (Lipinski definition) is 3. The second kappa shape index (κ2) is 10.2. The van der Waals surface area contributed by atoms with E-state index in [1.807, 2.05) is 6.07 Å². The minimum Gasteiger partial charge on any atom is -0.454 e. The Morgan fingerprint density at radius 1 is 0.630 bits per heavy atom. The molecule has 9 aromatic rings. The number of benzene rings is 6. The number of nitrogens with zero attached hydrogens (tertiary/aromatic N) is 4. The number of rotatable bonds is 4. The summed E-state index contributed by atoms with van der Waals surface area (Å²) in [5.41, 5.74) is 11.8. The first-order chi connectivity index (χ1) is 22.7. The zero-order valence-electron chi connectivity index (χ0n) is 25.5. The van der Waals surface area contributed by atoms with Gasteiger partial charge in [-0.05, 0) is 65.4 Å². The van der Waals surface area contributed by atoms with Crippen LogP contribution in [0.5, 0.6) is 0 Å². The Balaban J connectivity index is 1.22. The molecule has 0 aliphatic heterocycles. The van der Waals surface area contributed by atoms with Gasteiger partial charge >= 0.3 is 0 Å². The molecule has 0 bridgehead atoms. The molecule has 0 aliphatic carbocycles. The van der Waals surface area contributed by atoms with Gasteiger partial charge in [0.1, 0.15) is 23.2 Å². The van der Waals surface area contributed by atoms with Crippen LogP contribution in [-0.2, 0) is 7.05 Å². The third kappa shape index (κ3) is 3.99. The van der Waals surface area contributed by atoms with E-state index in [-0.39, 0.29) is 0 Å². The predicted molar refractivity (Wildman–Crippen MR) is 186 cm³/mol. The van der Waals surface area contributed by atoms with E-state index >= 15 is 0 Å². The lowest BCUT2D eigenvalue weighted by Gasteiger charge is -2.09. The van der Waals surface area contributed by atoms with Crippen molar-refractivity contribution in [2.75, 3.05) is 0 Å². The Labute approximate surface area is 265 Å². The Bertz CT molecular complexity index is 2580. The number of fused-ring (bicyclic) bond motifs is 6. The highest BCUT2D eigenvalue weighted by atomic mass is 16.3. The topological polar surface area (TPSA) is 47.7 Å². The van der Waals surface area contributed by atoms with Gasteiger partial charge in [0.15, 0.2) is 16.6 Å². The lowest BCUT2D eigenvalue weighted by Crippen LogP contribution is -2.30. The maximum absolute atomic E-state index is 6.86. The van der Waals surface area contributed by atoms with Crippen molar-refractivity contribution in [2.45, 2.75) is 6.92 Å². The monoisotopic (exact) mass is 593 g/mol. The highest BCUT2D eigenvalue weighted by Crippen LogP contribution is 2.41. The molecular formula is C41H29N4O+. The summed E-state index contributed by atoms with van der Waals surface area (Å²) >= 11 is 0. The van der Waals surface area contributed by atoms with Crippen LogP contribution in [0.1, 0.15) is 5.56 Å². The summed E-state index contributed by atoms with van der Waals surface area (Å²) in [4.78, 5) is 8.42. The average molecular weight is 594 g/mol. The number of hydrogen-bond donors (Lipinski definition) is 0. The van der Waals surface area contributed by atoms with Crippen LogP contribution in [0.15, 0.2) is 144 Å². The largest absolute Gasteiger partial charge is 0.454 e. The van der Waals surface area contributed by atoms with E-state index in [0.29, 0.717) is 0 Å². The van der Waals surface area contributed by atoms with Gasteiger partial charge in [-0.3, -0.25) is 0 Å². The van der Waals surface area contributed by atoms with Gasteiger partial charge in [-0.25, -0.2) is 14.5 Å². The molecule has 0 saturated heterocycles. The second-order valence-corrected chi connectivity index (χ2v) is 11.8. The number of aromatic nitrogens is 4. The molecule has 0 atom stereocenters. The normalized spacial score (nSPS) is 11.7. The summed E-state index contributed by atoms with van der Waals surface area (Å²) in [6, 6.07) is 45.1. The number of para-hydroxylation sites is 2. The van der Waals surface area contributed by atoms with Crippen LogP contribution in [-0.4, -0.2) is 14.5 Å². The maximum Gasteiger partial charge on any atom is 0.298 e. The molecule has 218 valence electrons. The Morgan fingerprint density at radius 3 is 2.13 bits per heavy atom. The van der Waals surface area contributed by atoms with Gasteiger partial charge in [0.25, 0.3) is 5.82 Å². The first-order valence-electron chi connectivity index (χ1n) is 15.5. The molecule has 0 N–H and O–H groups in total. The van der Waals surface area contributed by atoms with Crippen LogP contribution in [0.4, 0.5) is 0 Å². The molecule has 3 heterocycles. The van der Waals surface area contributed by atoms with Crippen molar-refractivity contribution in [2.24, 2.45) is 7.05 Å². The summed E-state index contributed by atoms with van der Waals surface area (Å²) < 4.78 is 11.5. The fourth-order valence-electron chi connectivity index (χ4n) is 6.90. The van der Waals surface area contributed by atoms with Crippen LogP contribution in [0, 0.1) is 6.92 Å².